The zero-order valence-electron chi connectivity index (χ0n) is 13.1. The van der Waals surface area contributed by atoms with Crippen LogP contribution in [0.4, 0.5) is 16.2 Å². The van der Waals surface area contributed by atoms with Crippen molar-refractivity contribution in [3.05, 3.63) is 48.0 Å². The molecule has 23 heavy (non-hydrogen) atoms. The minimum atomic E-state index is -0.383. The number of anilines is 2. The van der Waals surface area contributed by atoms with Crippen molar-refractivity contribution in [1.82, 2.24) is 0 Å². The third kappa shape index (κ3) is 4.62. The number of hydrogen-bond acceptors (Lipinski definition) is 4. The van der Waals surface area contributed by atoms with Crippen LogP contribution in [0.2, 0.25) is 0 Å². The Morgan fingerprint density at radius 1 is 1.04 bits per heavy atom. The Bertz CT molecular complexity index is 656. The number of urea groups is 1. The molecule has 0 radical (unpaired) electrons. The standard InChI is InChI=1S/C17H20N2O4/c1-22-14-7-8-16(23-2)15(11-14)19-17(21)18-13-5-3-12(4-6-13)9-10-20/h3-8,11,20H,9-10H2,1-2H3,(H2,18,19,21). The van der Waals surface area contributed by atoms with E-state index in [0.29, 0.717) is 29.3 Å². The molecule has 122 valence electrons. The van der Waals surface area contributed by atoms with Crippen LogP contribution < -0.4 is 20.1 Å². The van der Waals surface area contributed by atoms with Gasteiger partial charge in [-0.1, -0.05) is 12.1 Å². The molecule has 6 nitrogen and oxygen atoms in total. The van der Waals surface area contributed by atoms with Gasteiger partial charge in [-0.05, 0) is 36.2 Å². The van der Waals surface area contributed by atoms with Gasteiger partial charge in [0.05, 0.1) is 19.9 Å². The average molecular weight is 316 g/mol. The van der Waals surface area contributed by atoms with E-state index >= 15 is 0 Å². The third-order valence-corrected chi connectivity index (χ3v) is 3.27. The fourth-order valence-electron chi connectivity index (χ4n) is 2.08. The molecule has 0 spiro atoms. The monoisotopic (exact) mass is 316 g/mol. The molecular weight excluding hydrogens is 296 g/mol. The van der Waals surface area contributed by atoms with Crippen molar-refractivity contribution in [2.45, 2.75) is 6.42 Å². The summed E-state index contributed by atoms with van der Waals surface area (Å²) in [4.78, 5) is 12.1. The highest BCUT2D eigenvalue weighted by molar-refractivity contribution is 6.00. The van der Waals surface area contributed by atoms with E-state index in [1.165, 1.54) is 7.11 Å². The van der Waals surface area contributed by atoms with Crippen LogP contribution in [0.3, 0.4) is 0 Å². The van der Waals surface area contributed by atoms with E-state index in [1.807, 2.05) is 12.1 Å². The highest BCUT2D eigenvalue weighted by atomic mass is 16.5. The first-order valence-corrected chi connectivity index (χ1v) is 7.16. The maximum absolute atomic E-state index is 12.1. The lowest BCUT2D eigenvalue weighted by Crippen LogP contribution is -2.19. The van der Waals surface area contributed by atoms with Gasteiger partial charge in [-0.2, -0.15) is 0 Å². The normalized spacial score (nSPS) is 10.0. The van der Waals surface area contributed by atoms with E-state index < -0.39 is 0 Å². The molecule has 2 aromatic carbocycles. The number of carbonyl (C=O) groups is 1. The Labute approximate surface area is 135 Å². The fraction of sp³-hybridized carbons (Fsp3) is 0.235. The van der Waals surface area contributed by atoms with E-state index in [0.717, 1.165) is 5.56 Å². The SMILES string of the molecule is COc1ccc(OC)c(NC(=O)Nc2ccc(CCO)cc2)c1. The Kier molecular flexibility index (Phi) is 5.82. The molecular formula is C17H20N2O4. The number of amides is 2. The fourth-order valence-corrected chi connectivity index (χ4v) is 2.08. The molecule has 0 atom stereocenters. The molecule has 0 heterocycles. The van der Waals surface area contributed by atoms with Gasteiger partial charge in [0, 0.05) is 18.4 Å². The zero-order chi connectivity index (χ0) is 16.7. The van der Waals surface area contributed by atoms with Crippen molar-refractivity contribution in [2.24, 2.45) is 0 Å². The first-order chi connectivity index (χ1) is 11.2. The van der Waals surface area contributed by atoms with E-state index in [2.05, 4.69) is 10.6 Å². The Morgan fingerprint density at radius 3 is 2.39 bits per heavy atom. The first kappa shape index (κ1) is 16.6. The maximum atomic E-state index is 12.1. The largest absolute Gasteiger partial charge is 0.497 e. The second-order valence-electron chi connectivity index (χ2n) is 4.82. The summed E-state index contributed by atoms with van der Waals surface area (Å²) < 4.78 is 10.4. The van der Waals surface area contributed by atoms with Gasteiger partial charge in [0.1, 0.15) is 11.5 Å². The summed E-state index contributed by atoms with van der Waals surface area (Å²) in [5.41, 5.74) is 2.18. The molecule has 0 unspecified atom stereocenters. The van der Waals surface area contributed by atoms with Crippen LogP contribution in [0.1, 0.15) is 5.56 Å². The molecule has 0 saturated heterocycles. The number of benzene rings is 2. The summed E-state index contributed by atoms with van der Waals surface area (Å²) in [5, 5.41) is 14.4. The molecule has 6 heteroatoms. The lowest BCUT2D eigenvalue weighted by Gasteiger charge is -2.12. The molecule has 0 fully saturated rings. The Hall–Kier alpha value is -2.73. The predicted molar refractivity (Wildman–Crippen MR) is 89.4 cm³/mol. The average Bonchev–Trinajstić information content (AvgIpc) is 2.56. The van der Waals surface area contributed by atoms with Crippen LogP contribution in [0.15, 0.2) is 42.5 Å². The van der Waals surface area contributed by atoms with Crippen molar-refractivity contribution in [3.63, 3.8) is 0 Å². The van der Waals surface area contributed by atoms with Gasteiger partial charge in [0.15, 0.2) is 0 Å². The number of nitrogens with one attached hydrogen (secondary N) is 2. The molecule has 2 amide bonds. The summed E-state index contributed by atoms with van der Waals surface area (Å²) in [6, 6.07) is 12.1. The second kappa shape index (κ2) is 8.05. The van der Waals surface area contributed by atoms with Gasteiger partial charge >= 0.3 is 6.03 Å². The molecule has 0 aliphatic heterocycles. The Balaban J connectivity index is 2.04. The van der Waals surface area contributed by atoms with E-state index in [9.17, 15) is 4.79 Å². The number of ether oxygens (including phenoxy) is 2. The van der Waals surface area contributed by atoms with Crippen LogP contribution in [0.25, 0.3) is 0 Å². The first-order valence-electron chi connectivity index (χ1n) is 7.16. The minimum absolute atomic E-state index is 0.100. The molecule has 0 saturated carbocycles. The van der Waals surface area contributed by atoms with Crippen molar-refractivity contribution < 1.29 is 19.4 Å². The van der Waals surface area contributed by atoms with Gasteiger partial charge in [0.25, 0.3) is 0 Å². The van der Waals surface area contributed by atoms with Crippen molar-refractivity contribution in [3.8, 4) is 11.5 Å². The summed E-state index contributed by atoms with van der Waals surface area (Å²) >= 11 is 0. The number of carbonyl (C=O) groups excluding carboxylic acids is 1. The van der Waals surface area contributed by atoms with Crippen LogP contribution in [0, 0.1) is 0 Å². The Morgan fingerprint density at radius 2 is 1.78 bits per heavy atom. The minimum Gasteiger partial charge on any atom is -0.497 e. The van der Waals surface area contributed by atoms with E-state index in [1.54, 1.807) is 37.4 Å². The summed E-state index contributed by atoms with van der Waals surface area (Å²) in [6.07, 6.45) is 0.591. The number of methoxy groups -OCH3 is 2. The molecule has 0 aromatic heterocycles. The third-order valence-electron chi connectivity index (χ3n) is 3.27. The number of hydrogen-bond donors (Lipinski definition) is 3. The van der Waals surface area contributed by atoms with Crippen molar-refractivity contribution in [1.29, 1.82) is 0 Å². The van der Waals surface area contributed by atoms with Crippen LogP contribution in [-0.2, 0) is 6.42 Å². The van der Waals surface area contributed by atoms with Crippen LogP contribution >= 0.6 is 0 Å². The molecule has 0 aliphatic carbocycles. The van der Waals surface area contributed by atoms with Crippen LogP contribution in [0.5, 0.6) is 11.5 Å². The highest BCUT2D eigenvalue weighted by Crippen LogP contribution is 2.29. The van der Waals surface area contributed by atoms with E-state index in [-0.39, 0.29) is 12.6 Å². The molecule has 0 bridgehead atoms. The van der Waals surface area contributed by atoms with Gasteiger partial charge in [0.2, 0.25) is 0 Å². The number of rotatable bonds is 6. The van der Waals surface area contributed by atoms with Gasteiger partial charge < -0.3 is 25.2 Å². The molecule has 2 rings (SSSR count). The smallest absolute Gasteiger partial charge is 0.323 e. The van der Waals surface area contributed by atoms with Crippen LogP contribution in [-0.4, -0.2) is 32.0 Å². The van der Waals surface area contributed by atoms with Crippen molar-refractivity contribution >= 4 is 17.4 Å². The topological polar surface area (TPSA) is 79.8 Å². The van der Waals surface area contributed by atoms with Gasteiger partial charge in [-0.3, -0.25) is 0 Å². The highest BCUT2D eigenvalue weighted by Gasteiger charge is 2.09. The summed E-state index contributed by atoms with van der Waals surface area (Å²) in [5.74, 6) is 1.16. The lowest BCUT2D eigenvalue weighted by atomic mass is 10.1. The molecule has 2 aromatic rings. The predicted octanol–water partition coefficient (Wildman–Crippen LogP) is 2.88. The van der Waals surface area contributed by atoms with Gasteiger partial charge in [-0.15, -0.1) is 0 Å². The molecule has 3 N–H and O–H groups in total. The summed E-state index contributed by atoms with van der Waals surface area (Å²) in [6.45, 7) is 0.100. The maximum Gasteiger partial charge on any atom is 0.323 e. The van der Waals surface area contributed by atoms with E-state index in [4.69, 9.17) is 14.6 Å². The zero-order valence-corrected chi connectivity index (χ0v) is 13.1. The number of aliphatic hydroxyl groups excluding tert-OH is 1. The van der Waals surface area contributed by atoms with Crippen molar-refractivity contribution in [2.75, 3.05) is 31.5 Å². The van der Waals surface area contributed by atoms with Gasteiger partial charge in [-0.25, -0.2) is 4.79 Å². The summed E-state index contributed by atoms with van der Waals surface area (Å²) in [7, 11) is 3.09. The lowest BCUT2D eigenvalue weighted by molar-refractivity contribution is 0.262. The second-order valence-corrected chi connectivity index (χ2v) is 4.82. The quantitative estimate of drug-likeness (QED) is 0.765. The molecule has 0 aliphatic rings. The number of aliphatic hydroxyl groups is 1.